The van der Waals surface area contributed by atoms with Crippen LogP contribution in [0.2, 0.25) is 0 Å². The van der Waals surface area contributed by atoms with Crippen molar-refractivity contribution in [3.63, 3.8) is 0 Å². The molecule has 2 atom stereocenters. The number of methoxy groups -OCH3 is 1. The van der Waals surface area contributed by atoms with Crippen LogP contribution in [0.25, 0.3) is 0 Å². The maximum absolute atomic E-state index is 12.2. The summed E-state index contributed by atoms with van der Waals surface area (Å²) in [5.41, 5.74) is 0. The van der Waals surface area contributed by atoms with E-state index in [1.54, 1.807) is 13.2 Å². The van der Waals surface area contributed by atoms with Crippen LogP contribution in [0.4, 0.5) is 0 Å². The fourth-order valence-corrected chi connectivity index (χ4v) is 3.33. The van der Waals surface area contributed by atoms with Gasteiger partial charge in [0.05, 0.1) is 12.7 Å². The van der Waals surface area contributed by atoms with E-state index in [4.69, 9.17) is 10.00 Å². The summed E-state index contributed by atoms with van der Waals surface area (Å²) >= 11 is 0. The Morgan fingerprint density at radius 2 is 2.06 bits per heavy atom. The van der Waals surface area contributed by atoms with Gasteiger partial charge >= 0.3 is 0 Å². The lowest BCUT2D eigenvalue weighted by Crippen LogP contribution is -2.45. The number of nitrogens with zero attached hydrogens (tertiary/aromatic N) is 2. The van der Waals surface area contributed by atoms with Gasteiger partial charge in [0, 0.05) is 19.7 Å². The minimum atomic E-state index is -3.54. The molecular formula is C11H20N2O3S. The van der Waals surface area contributed by atoms with Crippen molar-refractivity contribution in [2.45, 2.75) is 38.0 Å². The molecule has 1 aliphatic carbocycles. The van der Waals surface area contributed by atoms with E-state index in [9.17, 15) is 8.42 Å². The first-order valence-corrected chi connectivity index (χ1v) is 7.34. The van der Waals surface area contributed by atoms with Crippen LogP contribution in [0, 0.1) is 17.2 Å². The van der Waals surface area contributed by atoms with Crippen molar-refractivity contribution in [2.75, 3.05) is 20.3 Å². The van der Waals surface area contributed by atoms with Crippen LogP contribution in [0.1, 0.15) is 26.7 Å². The van der Waals surface area contributed by atoms with Crippen LogP contribution < -0.4 is 0 Å². The Morgan fingerprint density at radius 3 is 2.47 bits per heavy atom. The van der Waals surface area contributed by atoms with Crippen molar-refractivity contribution in [2.24, 2.45) is 5.92 Å². The van der Waals surface area contributed by atoms with E-state index < -0.39 is 15.3 Å². The molecule has 0 N–H and O–H groups in total. The molecule has 17 heavy (non-hydrogen) atoms. The highest BCUT2D eigenvalue weighted by atomic mass is 32.2. The summed E-state index contributed by atoms with van der Waals surface area (Å²) in [5.74, 6) is 0.438. The van der Waals surface area contributed by atoms with Gasteiger partial charge in [0.1, 0.15) is 0 Å². The van der Waals surface area contributed by atoms with Crippen LogP contribution in [0.5, 0.6) is 0 Å². The van der Waals surface area contributed by atoms with Gasteiger partial charge in [-0.25, -0.2) is 8.42 Å². The predicted octanol–water partition coefficient (Wildman–Crippen LogP) is 0.975. The molecule has 2 unspecified atom stereocenters. The maximum Gasteiger partial charge on any atom is 0.230 e. The number of hydrogen-bond donors (Lipinski definition) is 0. The van der Waals surface area contributed by atoms with Gasteiger partial charge in [-0.3, -0.25) is 0 Å². The van der Waals surface area contributed by atoms with Crippen molar-refractivity contribution in [3.8, 4) is 6.07 Å². The van der Waals surface area contributed by atoms with Gasteiger partial charge in [0.15, 0.2) is 5.25 Å². The average molecular weight is 260 g/mol. The number of rotatable bonds is 7. The summed E-state index contributed by atoms with van der Waals surface area (Å²) in [6.07, 6.45) is 2.14. The van der Waals surface area contributed by atoms with Crippen molar-refractivity contribution in [1.29, 1.82) is 5.26 Å². The highest BCUT2D eigenvalue weighted by Gasteiger charge is 2.39. The molecule has 0 amide bonds. The first-order chi connectivity index (χ1) is 7.95. The Bertz CT molecular complexity index is 384. The Kier molecular flexibility index (Phi) is 4.92. The minimum absolute atomic E-state index is 0.0362. The zero-order valence-electron chi connectivity index (χ0n) is 10.6. The zero-order valence-corrected chi connectivity index (χ0v) is 11.4. The molecule has 0 aromatic heterocycles. The first kappa shape index (κ1) is 14.4. The molecule has 0 radical (unpaired) electrons. The Balaban J connectivity index is 2.85. The molecule has 1 aliphatic rings. The van der Waals surface area contributed by atoms with Crippen molar-refractivity contribution in [1.82, 2.24) is 4.31 Å². The van der Waals surface area contributed by atoms with E-state index in [0.717, 1.165) is 12.8 Å². The van der Waals surface area contributed by atoms with Gasteiger partial charge in [-0.2, -0.15) is 9.57 Å². The second kappa shape index (κ2) is 5.80. The average Bonchev–Trinajstić information content (AvgIpc) is 3.11. The van der Waals surface area contributed by atoms with Gasteiger partial charge in [0.2, 0.25) is 10.0 Å². The maximum atomic E-state index is 12.2. The van der Waals surface area contributed by atoms with Gasteiger partial charge in [0.25, 0.3) is 0 Å². The van der Waals surface area contributed by atoms with E-state index in [0.29, 0.717) is 19.1 Å². The highest BCUT2D eigenvalue weighted by molar-refractivity contribution is 7.90. The predicted molar refractivity (Wildman–Crippen MR) is 64.8 cm³/mol. The molecule has 1 fully saturated rings. The third-order valence-electron chi connectivity index (χ3n) is 3.23. The lowest BCUT2D eigenvalue weighted by atomic mass is 10.2. The van der Waals surface area contributed by atoms with E-state index in [-0.39, 0.29) is 6.04 Å². The molecule has 0 heterocycles. The van der Waals surface area contributed by atoms with Gasteiger partial charge in [-0.05, 0) is 32.6 Å². The lowest BCUT2D eigenvalue weighted by molar-refractivity contribution is 0.164. The molecule has 1 rings (SSSR count). The third-order valence-corrected chi connectivity index (χ3v) is 5.40. The smallest absolute Gasteiger partial charge is 0.230 e. The standard InChI is InChI=1S/C11H20N2O3S/c1-9(8-12)17(14,15)13(6-7-16-3)10(2)11-4-5-11/h9-11H,4-7H2,1-3H3. The second-order valence-electron chi connectivity index (χ2n) is 4.50. The first-order valence-electron chi connectivity index (χ1n) is 5.84. The molecule has 6 heteroatoms. The van der Waals surface area contributed by atoms with Crippen molar-refractivity contribution in [3.05, 3.63) is 0 Å². The van der Waals surface area contributed by atoms with Crippen LogP contribution in [0.15, 0.2) is 0 Å². The number of nitriles is 1. The Labute approximate surface area is 103 Å². The molecule has 1 saturated carbocycles. The molecule has 0 aliphatic heterocycles. The van der Waals surface area contributed by atoms with Crippen LogP contribution >= 0.6 is 0 Å². The molecule has 5 nitrogen and oxygen atoms in total. The lowest BCUT2D eigenvalue weighted by Gasteiger charge is -2.29. The molecular weight excluding hydrogens is 240 g/mol. The monoisotopic (exact) mass is 260 g/mol. The SMILES string of the molecule is COCCN(C(C)C1CC1)S(=O)(=O)C(C)C#N. The summed E-state index contributed by atoms with van der Waals surface area (Å²) in [4.78, 5) is 0. The van der Waals surface area contributed by atoms with Gasteiger partial charge in [-0.15, -0.1) is 0 Å². The zero-order chi connectivity index (χ0) is 13.1. The van der Waals surface area contributed by atoms with E-state index >= 15 is 0 Å². The van der Waals surface area contributed by atoms with E-state index in [2.05, 4.69) is 0 Å². The largest absolute Gasteiger partial charge is 0.383 e. The molecule has 98 valence electrons. The molecule has 0 spiro atoms. The summed E-state index contributed by atoms with van der Waals surface area (Å²) < 4.78 is 30.8. The molecule has 0 aromatic carbocycles. The number of ether oxygens (including phenoxy) is 1. The minimum Gasteiger partial charge on any atom is -0.383 e. The van der Waals surface area contributed by atoms with Crippen LogP contribution in [-0.2, 0) is 14.8 Å². The topological polar surface area (TPSA) is 70.4 Å². The molecule has 0 aromatic rings. The summed E-state index contributed by atoms with van der Waals surface area (Å²) in [7, 11) is -1.99. The Hall–Kier alpha value is -0.640. The van der Waals surface area contributed by atoms with E-state index in [1.165, 1.54) is 11.2 Å². The molecule has 0 saturated heterocycles. The number of hydrogen-bond acceptors (Lipinski definition) is 4. The second-order valence-corrected chi connectivity index (χ2v) is 6.70. The van der Waals surface area contributed by atoms with Crippen molar-refractivity contribution < 1.29 is 13.2 Å². The fraction of sp³-hybridized carbons (Fsp3) is 0.909. The highest BCUT2D eigenvalue weighted by Crippen LogP contribution is 2.36. The Morgan fingerprint density at radius 1 is 1.47 bits per heavy atom. The quantitative estimate of drug-likeness (QED) is 0.684. The van der Waals surface area contributed by atoms with Gasteiger partial charge < -0.3 is 4.74 Å². The molecule has 0 bridgehead atoms. The normalized spacial score (nSPS) is 19.9. The van der Waals surface area contributed by atoms with Crippen LogP contribution in [-0.4, -0.2) is 44.3 Å². The van der Waals surface area contributed by atoms with E-state index in [1.807, 2.05) is 6.92 Å². The summed E-state index contributed by atoms with van der Waals surface area (Å²) in [6.45, 7) is 4.01. The van der Waals surface area contributed by atoms with Crippen LogP contribution in [0.3, 0.4) is 0 Å². The van der Waals surface area contributed by atoms with Crippen molar-refractivity contribution >= 4 is 10.0 Å². The third kappa shape index (κ3) is 3.41. The van der Waals surface area contributed by atoms with Gasteiger partial charge in [-0.1, -0.05) is 0 Å². The fourth-order valence-electron chi connectivity index (χ4n) is 1.83. The summed E-state index contributed by atoms with van der Waals surface area (Å²) in [5, 5.41) is 7.79. The summed E-state index contributed by atoms with van der Waals surface area (Å²) in [6, 6.07) is 1.77. The number of sulfonamides is 1.